The fraction of sp³-hybridized carbons (Fsp3) is 0.889. The third-order valence-corrected chi connectivity index (χ3v) is 2.88. The van der Waals surface area contributed by atoms with Gasteiger partial charge in [-0.1, -0.05) is 20.3 Å². The molecule has 0 spiro atoms. The molecule has 1 fully saturated rings. The van der Waals surface area contributed by atoms with Gasteiger partial charge in [-0.15, -0.1) is 0 Å². The molecule has 0 amide bonds. The van der Waals surface area contributed by atoms with Gasteiger partial charge in [0.25, 0.3) is 0 Å². The summed E-state index contributed by atoms with van der Waals surface area (Å²) in [6.07, 6.45) is 3.93. The highest BCUT2D eigenvalue weighted by atomic mass is 16.4. The van der Waals surface area contributed by atoms with Crippen molar-refractivity contribution in [2.45, 2.75) is 39.5 Å². The van der Waals surface area contributed by atoms with Crippen LogP contribution >= 0.6 is 0 Å². The van der Waals surface area contributed by atoms with E-state index in [1.165, 1.54) is 0 Å². The molecule has 1 aliphatic carbocycles. The summed E-state index contributed by atoms with van der Waals surface area (Å²) >= 11 is 0. The predicted molar refractivity (Wildman–Crippen MR) is 43.4 cm³/mol. The Morgan fingerprint density at radius 1 is 1.64 bits per heavy atom. The van der Waals surface area contributed by atoms with E-state index in [2.05, 4.69) is 13.8 Å². The minimum Gasteiger partial charge on any atom is -0.481 e. The summed E-state index contributed by atoms with van der Waals surface area (Å²) in [5.41, 5.74) is -0.323. The number of aliphatic carboxylic acids is 1. The third kappa shape index (κ3) is 1.39. The summed E-state index contributed by atoms with van der Waals surface area (Å²) in [5, 5.41) is 8.90. The van der Waals surface area contributed by atoms with Crippen LogP contribution in [0.2, 0.25) is 0 Å². The molecule has 1 unspecified atom stereocenters. The average Bonchev–Trinajstić information content (AvgIpc) is 2.66. The molecule has 0 radical (unpaired) electrons. The van der Waals surface area contributed by atoms with Gasteiger partial charge in [-0.2, -0.15) is 0 Å². The quantitative estimate of drug-likeness (QED) is 0.678. The van der Waals surface area contributed by atoms with E-state index in [9.17, 15) is 4.79 Å². The predicted octanol–water partition coefficient (Wildman–Crippen LogP) is 2.29. The first kappa shape index (κ1) is 8.57. The topological polar surface area (TPSA) is 37.3 Å². The number of carbonyl (C=O) groups is 1. The van der Waals surface area contributed by atoms with Gasteiger partial charge in [0.1, 0.15) is 0 Å². The number of carboxylic acid groups (broad SMARTS) is 1. The molecular weight excluding hydrogens is 140 g/mol. The van der Waals surface area contributed by atoms with Crippen LogP contribution in [0.1, 0.15) is 39.5 Å². The Hall–Kier alpha value is -0.530. The lowest BCUT2D eigenvalue weighted by Crippen LogP contribution is -2.22. The standard InChI is InChI=1S/C9H16O2/c1-3-4-7(2)9(5-6-9)8(10)11/h7H,3-6H2,1-2H3,(H,10,11). The summed E-state index contributed by atoms with van der Waals surface area (Å²) in [6.45, 7) is 4.17. The Morgan fingerprint density at radius 2 is 2.18 bits per heavy atom. The maximum atomic E-state index is 10.8. The van der Waals surface area contributed by atoms with Crippen molar-refractivity contribution in [1.82, 2.24) is 0 Å². The molecule has 64 valence electrons. The van der Waals surface area contributed by atoms with Crippen LogP contribution in [0.3, 0.4) is 0 Å². The van der Waals surface area contributed by atoms with Crippen molar-refractivity contribution >= 4 is 5.97 Å². The molecule has 0 aromatic rings. The van der Waals surface area contributed by atoms with Crippen LogP contribution in [0.15, 0.2) is 0 Å². The van der Waals surface area contributed by atoms with Crippen LogP contribution in [-0.4, -0.2) is 11.1 Å². The van der Waals surface area contributed by atoms with Crippen molar-refractivity contribution in [2.24, 2.45) is 11.3 Å². The van der Waals surface area contributed by atoms with Crippen LogP contribution in [0.4, 0.5) is 0 Å². The number of hydrogen-bond acceptors (Lipinski definition) is 1. The number of rotatable bonds is 4. The second kappa shape index (κ2) is 2.84. The molecule has 1 saturated carbocycles. The Kier molecular flexibility index (Phi) is 2.21. The molecule has 0 heterocycles. The molecule has 11 heavy (non-hydrogen) atoms. The van der Waals surface area contributed by atoms with Crippen LogP contribution < -0.4 is 0 Å². The molecular formula is C9H16O2. The Bertz CT molecular complexity index is 159. The van der Waals surface area contributed by atoms with Crippen molar-refractivity contribution in [3.8, 4) is 0 Å². The first-order chi connectivity index (χ1) is 5.13. The highest BCUT2D eigenvalue weighted by molar-refractivity contribution is 5.78. The smallest absolute Gasteiger partial charge is 0.309 e. The van der Waals surface area contributed by atoms with Crippen LogP contribution in [-0.2, 0) is 4.79 Å². The van der Waals surface area contributed by atoms with Crippen LogP contribution in [0.25, 0.3) is 0 Å². The fourth-order valence-electron chi connectivity index (χ4n) is 1.76. The van der Waals surface area contributed by atoms with Gasteiger partial charge in [-0.3, -0.25) is 4.79 Å². The van der Waals surface area contributed by atoms with Gasteiger partial charge in [-0.05, 0) is 25.2 Å². The van der Waals surface area contributed by atoms with Gasteiger partial charge in [0.2, 0.25) is 0 Å². The zero-order chi connectivity index (χ0) is 8.48. The third-order valence-electron chi connectivity index (χ3n) is 2.88. The summed E-state index contributed by atoms with van der Waals surface area (Å²) in [7, 11) is 0. The minimum atomic E-state index is -0.585. The van der Waals surface area contributed by atoms with Crippen LogP contribution in [0.5, 0.6) is 0 Å². The minimum absolute atomic E-state index is 0.323. The summed E-state index contributed by atoms with van der Waals surface area (Å²) in [5.74, 6) is -0.219. The van der Waals surface area contributed by atoms with E-state index in [4.69, 9.17) is 5.11 Å². The van der Waals surface area contributed by atoms with E-state index in [1.54, 1.807) is 0 Å². The Balaban J connectivity index is 2.51. The molecule has 0 aromatic carbocycles. The first-order valence-corrected chi connectivity index (χ1v) is 4.37. The van der Waals surface area contributed by atoms with Gasteiger partial charge in [0.05, 0.1) is 5.41 Å². The van der Waals surface area contributed by atoms with Crippen molar-refractivity contribution in [3.63, 3.8) is 0 Å². The lowest BCUT2D eigenvalue weighted by molar-refractivity contribution is -0.145. The highest BCUT2D eigenvalue weighted by Crippen LogP contribution is 2.53. The van der Waals surface area contributed by atoms with Crippen molar-refractivity contribution in [2.75, 3.05) is 0 Å². The maximum Gasteiger partial charge on any atom is 0.309 e. The molecule has 0 aromatic heterocycles. The zero-order valence-corrected chi connectivity index (χ0v) is 7.26. The molecule has 0 bridgehead atoms. The van der Waals surface area contributed by atoms with Crippen molar-refractivity contribution in [3.05, 3.63) is 0 Å². The van der Waals surface area contributed by atoms with Gasteiger partial charge < -0.3 is 5.11 Å². The van der Waals surface area contributed by atoms with Gasteiger partial charge in [0, 0.05) is 0 Å². The van der Waals surface area contributed by atoms with E-state index >= 15 is 0 Å². The molecule has 1 rings (SSSR count). The van der Waals surface area contributed by atoms with E-state index in [0.717, 1.165) is 25.7 Å². The lowest BCUT2D eigenvalue weighted by atomic mass is 9.87. The van der Waals surface area contributed by atoms with Gasteiger partial charge >= 0.3 is 5.97 Å². The molecule has 1 N–H and O–H groups in total. The van der Waals surface area contributed by atoms with Gasteiger partial charge in [-0.25, -0.2) is 0 Å². The van der Waals surface area contributed by atoms with Crippen molar-refractivity contribution in [1.29, 1.82) is 0 Å². The average molecular weight is 156 g/mol. The Labute approximate surface area is 67.6 Å². The van der Waals surface area contributed by atoms with E-state index in [0.29, 0.717) is 5.92 Å². The van der Waals surface area contributed by atoms with E-state index in [-0.39, 0.29) is 5.41 Å². The van der Waals surface area contributed by atoms with Gasteiger partial charge in [0.15, 0.2) is 0 Å². The monoisotopic (exact) mass is 156 g/mol. The second-order valence-corrected chi connectivity index (χ2v) is 3.65. The SMILES string of the molecule is CCCC(C)C1(C(=O)O)CC1. The first-order valence-electron chi connectivity index (χ1n) is 4.37. The molecule has 1 aliphatic rings. The zero-order valence-electron chi connectivity index (χ0n) is 7.26. The summed E-state index contributed by atoms with van der Waals surface area (Å²) in [6, 6.07) is 0. The fourth-order valence-corrected chi connectivity index (χ4v) is 1.76. The lowest BCUT2D eigenvalue weighted by Gasteiger charge is -2.17. The number of carboxylic acids is 1. The molecule has 0 saturated heterocycles. The number of hydrogen-bond donors (Lipinski definition) is 1. The molecule has 2 nitrogen and oxygen atoms in total. The molecule has 2 heteroatoms. The van der Waals surface area contributed by atoms with Crippen LogP contribution in [0, 0.1) is 11.3 Å². The summed E-state index contributed by atoms with van der Waals surface area (Å²) in [4.78, 5) is 10.8. The summed E-state index contributed by atoms with van der Waals surface area (Å²) < 4.78 is 0. The highest BCUT2D eigenvalue weighted by Gasteiger charge is 2.53. The Morgan fingerprint density at radius 3 is 2.45 bits per heavy atom. The second-order valence-electron chi connectivity index (χ2n) is 3.65. The normalized spacial score (nSPS) is 22.7. The van der Waals surface area contributed by atoms with E-state index in [1.807, 2.05) is 0 Å². The van der Waals surface area contributed by atoms with Crippen molar-refractivity contribution < 1.29 is 9.90 Å². The largest absolute Gasteiger partial charge is 0.481 e. The molecule has 0 aliphatic heterocycles. The van der Waals surface area contributed by atoms with E-state index < -0.39 is 5.97 Å². The molecule has 1 atom stereocenters. The maximum absolute atomic E-state index is 10.8.